The number of carbonyl (C=O) groups is 1. The number of hydrogen-bond acceptors (Lipinski definition) is 2. The van der Waals surface area contributed by atoms with Gasteiger partial charge in [-0.25, -0.2) is 0 Å². The van der Waals surface area contributed by atoms with Crippen molar-refractivity contribution in [2.75, 3.05) is 6.54 Å². The van der Waals surface area contributed by atoms with E-state index in [0.717, 1.165) is 25.7 Å². The summed E-state index contributed by atoms with van der Waals surface area (Å²) in [6.45, 7) is 2.68. The lowest BCUT2D eigenvalue weighted by Gasteiger charge is -2.15. The largest absolute Gasteiger partial charge is 0.393 e. The van der Waals surface area contributed by atoms with Gasteiger partial charge in [-0.05, 0) is 31.7 Å². The van der Waals surface area contributed by atoms with Crippen LogP contribution in [0.15, 0.2) is 24.3 Å². The second-order valence-corrected chi connectivity index (χ2v) is 5.55. The maximum atomic E-state index is 11.8. The van der Waals surface area contributed by atoms with Gasteiger partial charge in [-0.15, -0.1) is 0 Å². The van der Waals surface area contributed by atoms with Gasteiger partial charge < -0.3 is 10.4 Å². The van der Waals surface area contributed by atoms with Crippen LogP contribution in [-0.4, -0.2) is 23.7 Å². The van der Waals surface area contributed by atoms with Crippen LogP contribution in [-0.2, 0) is 11.2 Å². The van der Waals surface area contributed by atoms with Crippen LogP contribution in [0.1, 0.15) is 36.8 Å². The number of nitrogens with one attached hydrogen (secondary N) is 1. The Bertz CT molecular complexity index is 431. The number of aryl methyl sites for hydroxylation is 2. The van der Waals surface area contributed by atoms with E-state index in [9.17, 15) is 9.90 Å². The summed E-state index contributed by atoms with van der Waals surface area (Å²) in [6.07, 6.45) is 4.05. The van der Waals surface area contributed by atoms with Crippen LogP contribution in [0, 0.1) is 12.8 Å². The van der Waals surface area contributed by atoms with Crippen molar-refractivity contribution in [1.29, 1.82) is 0 Å². The molecule has 0 radical (unpaired) electrons. The fourth-order valence-corrected chi connectivity index (χ4v) is 2.71. The van der Waals surface area contributed by atoms with E-state index >= 15 is 0 Å². The molecule has 104 valence electrons. The molecule has 1 aromatic rings. The zero-order chi connectivity index (χ0) is 13.7. The molecule has 3 nitrogen and oxygen atoms in total. The highest BCUT2D eigenvalue weighted by molar-refractivity contribution is 5.76. The van der Waals surface area contributed by atoms with Crippen molar-refractivity contribution < 1.29 is 9.90 Å². The summed E-state index contributed by atoms with van der Waals surface area (Å²) in [6, 6.07) is 8.26. The lowest BCUT2D eigenvalue weighted by atomic mass is 10.1. The van der Waals surface area contributed by atoms with Crippen LogP contribution < -0.4 is 5.32 Å². The quantitative estimate of drug-likeness (QED) is 0.853. The lowest BCUT2D eigenvalue weighted by Crippen LogP contribution is -2.32. The van der Waals surface area contributed by atoms with Crippen LogP contribution in [0.4, 0.5) is 0 Å². The first kappa shape index (κ1) is 14.1. The van der Waals surface area contributed by atoms with Gasteiger partial charge in [0.25, 0.3) is 0 Å². The van der Waals surface area contributed by atoms with Crippen LogP contribution >= 0.6 is 0 Å². The Labute approximate surface area is 115 Å². The molecule has 1 fully saturated rings. The van der Waals surface area contributed by atoms with Crippen molar-refractivity contribution in [1.82, 2.24) is 5.32 Å². The Morgan fingerprint density at radius 2 is 2.26 bits per heavy atom. The number of benzene rings is 1. The molecule has 0 aromatic heterocycles. The molecule has 0 spiro atoms. The molecule has 1 saturated carbocycles. The number of aliphatic hydroxyl groups is 1. The Hall–Kier alpha value is -1.35. The molecule has 0 saturated heterocycles. The SMILES string of the molecule is Cc1cccc(CCC(=O)NCC2CCCC2O)c1. The highest BCUT2D eigenvalue weighted by Crippen LogP contribution is 2.24. The number of aliphatic hydroxyl groups excluding tert-OH is 1. The molecule has 0 bridgehead atoms. The first-order valence-corrected chi connectivity index (χ1v) is 7.15. The normalized spacial score (nSPS) is 22.4. The van der Waals surface area contributed by atoms with E-state index in [2.05, 4.69) is 30.4 Å². The van der Waals surface area contributed by atoms with Gasteiger partial charge in [0.05, 0.1) is 6.10 Å². The molecule has 19 heavy (non-hydrogen) atoms. The Kier molecular flexibility index (Phi) is 4.97. The molecule has 1 amide bonds. The number of hydrogen-bond donors (Lipinski definition) is 2. The fourth-order valence-electron chi connectivity index (χ4n) is 2.71. The van der Waals surface area contributed by atoms with Crippen molar-refractivity contribution in [2.24, 2.45) is 5.92 Å². The van der Waals surface area contributed by atoms with Crippen LogP contribution in [0.5, 0.6) is 0 Å². The Morgan fingerprint density at radius 3 is 2.95 bits per heavy atom. The summed E-state index contributed by atoms with van der Waals surface area (Å²) in [7, 11) is 0. The summed E-state index contributed by atoms with van der Waals surface area (Å²) in [4.78, 5) is 11.8. The van der Waals surface area contributed by atoms with Gasteiger partial charge in [-0.2, -0.15) is 0 Å². The minimum absolute atomic E-state index is 0.0839. The molecule has 1 aromatic carbocycles. The topological polar surface area (TPSA) is 49.3 Å². The average molecular weight is 261 g/mol. The van der Waals surface area contributed by atoms with E-state index in [1.165, 1.54) is 11.1 Å². The number of rotatable bonds is 5. The van der Waals surface area contributed by atoms with Crippen molar-refractivity contribution in [3.05, 3.63) is 35.4 Å². The van der Waals surface area contributed by atoms with Crippen molar-refractivity contribution in [2.45, 2.75) is 45.1 Å². The molecule has 0 heterocycles. The van der Waals surface area contributed by atoms with E-state index in [4.69, 9.17) is 0 Å². The first-order valence-electron chi connectivity index (χ1n) is 7.15. The van der Waals surface area contributed by atoms with E-state index in [0.29, 0.717) is 13.0 Å². The Morgan fingerprint density at radius 1 is 1.42 bits per heavy atom. The van der Waals surface area contributed by atoms with Crippen molar-refractivity contribution in [3.8, 4) is 0 Å². The van der Waals surface area contributed by atoms with Gasteiger partial charge in [-0.3, -0.25) is 4.79 Å². The van der Waals surface area contributed by atoms with Gasteiger partial charge in [0.15, 0.2) is 0 Å². The second-order valence-electron chi connectivity index (χ2n) is 5.55. The Balaban J connectivity index is 1.70. The smallest absolute Gasteiger partial charge is 0.220 e. The van der Waals surface area contributed by atoms with Gasteiger partial charge >= 0.3 is 0 Å². The predicted octanol–water partition coefficient (Wildman–Crippen LogP) is 2.20. The molecule has 1 aliphatic rings. The molecule has 2 unspecified atom stereocenters. The molecular weight excluding hydrogens is 238 g/mol. The van der Waals surface area contributed by atoms with Gasteiger partial charge in [0.2, 0.25) is 5.91 Å². The van der Waals surface area contributed by atoms with Crippen LogP contribution in [0.3, 0.4) is 0 Å². The summed E-state index contributed by atoms with van der Waals surface area (Å²) in [5.41, 5.74) is 2.43. The molecular formula is C16H23NO2. The minimum atomic E-state index is -0.225. The zero-order valence-corrected chi connectivity index (χ0v) is 11.6. The van der Waals surface area contributed by atoms with Crippen molar-refractivity contribution >= 4 is 5.91 Å². The lowest BCUT2D eigenvalue weighted by molar-refractivity contribution is -0.121. The minimum Gasteiger partial charge on any atom is -0.393 e. The highest BCUT2D eigenvalue weighted by atomic mass is 16.3. The van der Waals surface area contributed by atoms with Gasteiger partial charge in [0, 0.05) is 18.9 Å². The summed E-state index contributed by atoms with van der Waals surface area (Å²) in [5.74, 6) is 0.337. The number of carbonyl (C=O) groups excluding carboxylic acids is 1. The molecule has 3 heteroatoms. The van der Waals surface area contributed by atoms with Gasteiger partial charge in [-0.1, -0.05) is 36.2 Å². The highest BCUT2D eigenvalue weighted by Gasteiger charge is 2.25. The van der Waals surface area contributed by atoms with Crippen LogP contribution in [0.25, 0.3) is 0 Å². The van der Waals surface area contributed by atoms with E-state index in [1.807, 2.05) is 6.07 Å². The molecule has 1 aliphatic carbocycles. The maximum absolute atomic E-state index is 11.8. The molecule has 2 N–H and O–H groups in total. The van der Waals surface area contributed by atoms with E-state index < -0.39 is 0 Å². The fraction of sp³-hybridized carbons (Fsp3) is 0.562. The third-order valence-electron chi connectivity index (χ3n) is 3.90. The van der Waals surface area contributed by atoms with E-state index in [1.54, 1.807) is 0 Å². The summed E-state index contributed by atoms with van der Waals surface area (Å²) >= 11 is 0. The number of amides is 1. The third kappa shape index (κ3) is 4.35. The average Bonchev–Trinajstić information content (AvgIpc) is 2.80. The maximum Gasteiger partial charge on any atom is 0.220 e. The van der Waals surface area contributed by atoms with Crippen LogP contribution in [0.2, 0.25) is 0 Å². The predicted molar refractivity (Wildman–Crippen MR) is 75.9 cm³/mol. The monoisotopic (exact) mass is 261 g/mol. The standard InChI is InChI=1S/C16H23NO2/c1-12-4-2-5-13(10-12)8-9-16(19)17-11-14-6-3-7-15(14)18/h2,4-5,10,14-15,18H,3,6-9,11H2,1H3,(H,17,19). The summed E-state index contributed by atoms with van der Waals surface area (Å²) in [5, 5.41) is 12.6. The summed E-state index contributed by atoms with van der Waals surface area (Å²) < 4.78 is 0. The van der Waals surface area contributed by atoms with E-state index in [-0.39, 0.29) is 17.9 Å². The zero-order valence-electron chi connectivity index (χ0n) is 11.6. The molecule has 2 atom stereocenters. The molecule has 0 aliphatic heterocycles. The second kappa shape index (κ2) is 6.71. The van der Waals surface area contributed by atoms with Gasteiger partial charge in [0.1, 0.15) is 0 Å². The molecule has 2 rings (SSSR count). The van der Waals surface area contributed by atoms with Crippen molar-refractivity contribution in [3.63, 3.8) is 0 Å². The third-order valence-corrected chi connectivity index (χ3v) is 3.90. The first-order chi connectivity index (χ1) is 9.15.